The lowest BCUT2D eigenvalue weighted by Gasteiger charge is -2.19. The highest BCUT2D eigenvalue weighted by atomic mass is 31.2. The van der Waals surface area contributed by atoms with E-state index in [4.69, 9.17) is 20.0 Å². The SMILES string of the molecule is O=P(O)(O)OC[C@@H](O)COP(=O)(O)OC[C@@H](O)COP(=O)(O)OC[C@@H](O)COP(=O)(O)OC[C@@H](O)CO. The summed E-state index contributed by atoms with van der Waals surface area (Å²) in [7, 11) is -19.5. The maximum Gasteiger partial charge on any atom is 0.472 e. The van der Waals surface area contributed by atoms with E-state index >= 15 is 0 Å². The Bertz CT molecular complexity index is 832. The first kappa shape index (κ1) is 37.2. The highest BCUT2D eigenvalue weighted by molar-refractivity contribution is 7.48. The third kappa shape index (κ3) is 21.7. The molecule has 0 aromatic heterocycles. The van der Waals surface area contributed by atoms with Crippen LogP contribution < -0.4 is 0 Å². The van der Waals surface area contributed by atoms with Crippen LogP contribution in [0.4, 0.5) is 0 Å². The monoisotopic (exact) mass is 634 g/mol. The van der Waals surface area contributed by atoms with Crippen molar-refractivity contribution in [3.63, 3.8) is 0 Å². The van der Waals surface area contributed by atoms with Gasteiger partial charge in [-0.15, -0.1) is 0 Å². The van der Waals surface area contributed by atoms with Gasteiger partial charge in [-0.2, -0.15) is 0 Å². The first-order valence-electron chi connectivity index (χ1n) is 9.64. The topological polar surface area (TPSA) is 335 Å². The van der Waals surface area contributed by atoms with Crippen molar-refractivity contribution in [1.29, 1.82) is 0 Å². The molecular formula is C12H30O21P4. The van der Waals surface area contributed by atoms with Crippen LogP contribution in [0.3, 0.4) is 0 Å². The molecule has 3 unspecified atom stereocenters. The van der Waals surface area contributed by atoms with Crippen molar-refractivity contribution >= 4 is 31.3 Å². The van der Waals surface area contributed by atoms with Crippen LogP contribution in [0.15, 0.2) is 0 Å². The van der Waals surface area contributed by atoms with E-state index in [-0.39, 0.29) is 0 Å². The van der Waals surface area contributed by atoms with Gasteiger partial charge in [0, 0.05) is 0 Å². The summed E-state index contributed by atoms with van der Waals surface area (Å²) in [6, 6.07) is 0. The zero-order valence-electron chi connectivity index (χ0n) is 18.7. The van der Waals surface area contributed by atoms with Gasteiger partial charge in [-0.25, -0.2) is 18.3 Å². The van der Waals surface area contributed by atoms with Crippen molar-refractivity contribution in [3.05, 3.63) is 0 Å². The Morgan fingerprint density at radius 2 is 0.649 bits per heavy atom. The molecule has 21 nitrogen and oxygen atoms in total. The summed E-state index contributed by atoms with van der Waals surface area (Å²) in [5, 5.41) is 46.2. The molecule has 0 fully saturated rings. The van der Waals surface area contributed by atoms with Crippen LogP contribution in [0, 0.1) is 0 Å². The second-order valence-electron chi connectivity index (χ2n) is 6.76. The number of phosphoric ester groups is 4. The van der Waals surface area contributed by atoms with Gasteiger partial charge in [0.1, 0.15) is 24.4 Å². The van der Waals surface area contributed by atoms with E-state index < -0.39 is 109 Å². The first-order valence-corrected chi connectivity index (χ1v) is 15.7. The summed E-state index contributed by atoms with van der Waals surface area (Å²) in [6.07, 6.45) is -6.78. The van der Waals surface area contributed by atoms with E-state index in [1.807, 2.05) is 0 Å². The van der Waals surface area contributed by atoms with E-state index in [1.165, 1.54) is 0 Å². The van der Waals surface area contributed by atoms with Gasteiger partial charge in [0.25, 0.3) is 0 Å². The van der Waals surface area contributed by atoms with Crippen molar-refractivity contribution in [2.75, 3.05) is 52.9 Å². The summed E-state index contributed by atoms with van der Waals surface area (Å²) in [4.78, 5) is 45.2. The lowest BCUT2D eigenvalue weighted by molar-refractivity contribution is 0.00312. The molecule has 0 heterocycles. The Kier molecular flexibility index (Phi) is 17.3. The van der Waals surface area contributed by atoms with E-state index in [1.54, 1.807) is 0 Å². The van der Waals surface area contributed by atoms with Gasteiger partial charge in [-0.3, -0.25) is 31.7 Å². The van der Waals surface area contributed by atoms with Crippen molar-refractivity contribution in [2.45, 2.75) is 24.4 Å². The molecule has 7 atom stereocenters. The van der Waals surface area contributed by atoms with Gasteiger partial charge >= 0.3 is 31.3 Å². The Hall–Kier alpha value is 0.240. The summed E-state index contributed by atoms with van der Waals surface area (Å²) in [5.41, 5.74) is 0. The minimum atomic E-state index is -4.93. The molecule has 0 bridgehead atoms. The molecule has 0 aliphatic heterocycles. The number of aliphatic hydroxyl groups excluding tert-OH is 5. The lowest BCUT2D eigenvalue weighted by Crippen LogP contribution is -2.24. The highest BCUT2D eigenvalue weighted by Crippen LogP contribution is 2.46. The van der Waals surface area contributed by atoms with Gasteiger partial charge in [0.05, 0.1) is 52.9 Å². The Labute approximate surface area is 209 Å². The average Bonchev–Trinajstić information content (AvgIpc) is 2.79. The average molecular weight is 634 g/mol. The fourth-order valence-electron chi connectivity index (χ4n) is 1.57. The molecular weight excluding hydrogens is 604 g/mol. The zero-order valence-corrected chi connectivity index (χ0v) is 22.3. The van der Waals surface area contributed by atoms with E-state index in [9.17, 15) is 48.3 Å². The minimum absolute atomic E-state index is 0.764. The van der Waals surface area contributed by atoms with E-state index in [2.05, 4.69) is 31.7 Å². The van der Waals surface area contributed by atoms with Crippen molar-refractivity contribution in [2.24, 2.45) is 0 Å². The van der Waals surface area contributed by atoms with Crippen LogP contribution in [0.25, 0.3) is 0 Å². The molecule has 0 saturated carbocycles. The zero-order chi connectivity index (χ0) is 28.9. The maximum atomic E-state index is 11.7. The molecule has 0 rings (SSSR count). The predicted molar refractivity (Wildman–Crippen MR) is 114 cm³/mol. The van der Waals surface area contributed by atoms with Gasteiger partial charge in [-0.05, 0) is 0 Å². The molecule has 0 saturated heterocycles. The van der Waals surface area contributed by atoms with Gasteiger partial charge in [0.15, 0.2) is 0 Å². The molecule has 10 N–H and O–H groups in total. The molecule has 37 heavy (non-hydrogen) atoms. The van der Waals surface area contributed by atoms with Crippen molar-refractivity contribution < 1.29 is 99.9 Å². The molecule has 0 spiro atoms. The van der Waals surface area contributed by atoms with E-state index in [0.717, 1.165) is 0 Å². The third-order valence-corrected chi connectivity index (χ3v) is 6.56. The van der Waals surface area contributed by atoms with Crippen LogP contribution >= 0.6 is 31.3 Å². The smallest absolute Gasteiger partial charge is 0.394 e. The van der Waals surface area contributed by atoms with Crippen LogP contribution in [0.1, 0.15) is 0 Å². The number of hydrogen-bond donors (Lipinski definition) is 10. The Morgan fingerprint density at radius 1 is 0.432 bits per heavy atom. The molecule has 0 aromatic rings. The number of rotatable bonds is 22. The van der Waals surface area contributed by atoms with Crippen molar-refractivity contribution in [1.82, 2.24) is 0 Å². The van der Waals surface area contributed by atoms with Gasteiger partial charge in [0.2, 0.25) is 0 Å². The summed E-state index contributed by atoms with van der Waals surface area (Å²) < 4.78 is 75.4. The van der Waals surface area contributed by atoms with Crippen LogP contribution in [-0.2, 0) is 49.9 Å². The fourth-order valence-corrected chi connectivity index (χ4v) is 4.33. The third-order valence-electron chi connectivity index (χ3n) is 3.23. The molecule has 0 aliphatic carbocycles. The maximum absolute atomic E-state index is 11.7. The lowest BCUT2D eigenvalue weighted by atomic mass is 10.4. The summed E-state index contributed by atoms with van der Waals surface area (Å²) in [5.74, 6) is 0. The molecule has 0 aliphatic rings. The molecule has 0 amide bonds. The number of aliphatic hydroxyl groups is 5. The molecule has 25 heteroatoms. The molecule has 0 radical (unpaired) electrons. The Balaban J connectivity index is 4.29. The van der Waals surface area contributed by atoms with Crippen LogP contribution in [-0.4, -0.2) is 127 Å². The molecule has 0 aromatic carbocycles. The normalized spacial score (nSPS) is 20.8. The molecule has 224 valence electrons. The number of hydrogen-bond acceptors (Lipinski definition) is 16. The quantitative estimate of drug-likeness (QED) is 0.0528. The second kappa shape index (κ2) is 17.1. The number of phosphoric acid groups is 4. The van der Waals surface area contributed by atoms with Crippen LogP contribution in [0.2, 0.25) is 0 Å². The first-order chi connectivity index (χ1) is 16.8. The summed E-state index contributed by atoms with van der Waals surface area (Å²) >= 11 is 0. The van der Waals surface area contributed by atoms with Crippen LogP contribution in [0.5, 0.6) is 0 Å². The minimum Gasteiger partial charge on any atom is -0.394 e. The highest BCUT2D eigenvalue weighted by Gasteiger charge is 2.29. The largest absolute Gasteiger partial charge is 0.472 e. The van der Waals surface area contributed by atoms with E-state index in [0.29, 0.717) is 0 Å². The van der Waals surface area contributed by atoms with Gasteiger partial charge < -0.3 is 50.0 Å². The predicted octanol–water partition coefficient (Wildman–Crippen LogP) is -3.07. The van der Waals surface area contributed by atoms with Crippen molar-refractivity contribution in [3.8, 4) is 0 Å². The second-order valence-corrected chi connectivity index (χ2v) is 12.4. The fraction of sp³-hybridized carbons (Fsp3) is 1.00. The Morgan fingerprint density at radius 3 is 0.865 bits per heavy atom. The standard InChI is InChI=1S/C12H30O21P4/c13-1-9(14)2-28-35(21,22)30-5-11(16)6-32-37(25,26)33-8-12(17)7-31-36(23,24)29-4-10(15)3-27-34(18,19)20/h9-17H,1-8H2,(H,21,22)(H,23,24)(H,25,26)(H2,18,19,20)/t9-,10+,11-,12+/m0/s1. The van der Waals surface area contributed by atoms with Gasteiger partial charge in [-0.1, -0.05) is 0 Å². The summed E-state index contributed by atoms with van der Waals surface area (Å²) in [6.45, 7) is -7.37.